The van der Waals surface area contributed by atoms with Crippen LogP contribution in [0.15, 0.2) is 133 Å². The number of ether oxygens (including phenoxy) is 6. The van der Waals surface area contributed by atoms with E-state index < -0.39 is 0 Å². The van der Waals surface area contributed by atoms with Crippen molar-refractivity contribution < 1.29 is 48.8 Å². The van der Waals surface area contributed by atoms with Crippen LogP contribution in [-0.2, 0) is 38.9 Å². The molecule has 0 aromatic heterocycles. The molecule has 0 aliphatic carbocycles. The molecule has 0 spiro atoms. The van der Waals surface area contributed by atoms with Crippen molar-refractivity contribution in [3.05, 3.63) is 178 Å². The quantitative estimate of drug-likeness (QED) is 0.0466. The molecule has 6 rings (SSSR count). The number of hydrogen-bond acceptors (Lipinski definition) is 10. The van der Waals surface area contributed by atoms with Gasteiger partial charge in [-0.2, -0.15) is 0 Å². The monoisotopic (exact) mass is 900 g/mol. The number of aliphatic hydroxyl groups excluding tert-OH is 4. The first-order valence-electron chi connectivity index (χ1n) is 22.5. The van der Waals surface area contributed by atoms with E-state index in [4.69, 9.17) is 28.4 Å². The zero-order valence-corrected chi connectivity index (χ0v) is 39.3. The summed E-state index contributed by atoms with van der Waals surface area (Å²) in [5.41, 5.74) is 8.53. The van der Waals surface area contributed by atoms with Gasteiger partial charge in [-0.25, -0.2) is 0 Å². The molecule has 0 radical (unpaired) electrons. The maximum Gasteiger partial charge on any atom is 0.161 e. The Bertz CT molecular complexity index is 2170. The first kappa shape index (κ1) is 51.0. The number of methoxy groups -OCH3 is 4. The normalized spacial score (nSPS) is 12.8. The third-order valence-corrected chi connectivity index (χ3v) is 12.1. The van der Waals surface area contributed by atoms with Crippen LogP contribution >= 0.6 is 0 Å². The van der Waals surface area contributed by atoms with Gasteiger partial charge in [0.05, 0.1) is 28.4 Å². The van der Waals surface area contributed by atoms with Crippen molar-refractivity contribution in [3.8, 4) is 34.5 Å². The topological polar surface area (TPSA) is 136 Å². The second-order valence-electron chi connectivity index (χ2n) is 16.7. The molecule has 6 aromatic carbocycles. The van der Waals surface area contributed by atoms with Crippen LogP contribution in [0.4, 0.5) is 0 Å². The van der Waals surface area contributed by atoms with Gasteiger partial charge in [0.1, 0.15) is 24.7 Å². The van der Waals surface area contributed by atoms with E-state index in [1.165, 1.54) is 0 Å². The first-order valence-corrected chi connectivity index (χ1v) is 22.5. The highest BCUT2D eigenvalue weighted by atomic mass is 16.5. The third kappa shape index (κ3) is 15.0. The predicted molar refractivity (Wildman–Crippen MR) is 260 cm³/mol. The Morgan fingerprint density at radius 1 is 0.333 bits per heavy atom. The summed E-state index contributed by atoms with van der Waals surface area (Å²) in [7, 11) is 6.57. The summed E-state index contributed by atoms with van der Waals surface area (Å²) in [4.78, 5) is 0. The molecule has 0 aliphatic rings. The highest BCUT2D eigenvalue weighted by molar-refractivity contribution is 5.45. The Labute approximate surface area is 391 Å². The van der Waals surface area contributed by atoms with E-state index in [9.17, 15) is 20.4 Å². The fraction of sp³-hybridized carbons (Fsp3) is 0.357. The molecule has 0 saturated carbocycles. The minimum absolute atomic E-state index is 0.00315. The fourth-order valence-corrected chi connectivity index (χ4v) is 8.10. The minimum atomic E-state index is -0.0944. The van der Waals surface area contributed by atoms with Gasteiger partial charge < -0.3 is 48.8 Å². The molecule has 10 heteroatoms. The summed E-state index contributed by atoms with van der Waals surface area (Å²) >= 11 is 0. The summed E-state index contributed by atoms with van der Waals surface area (Å²) in [6.45, 7) is 4.90. The molecule has 0 bridgehead atoms. The van der Waals surface area contributed by atoms with Gasteiger partial charge in [0.15, 0.2) is 23.0 Å². The second-order valence-corrected chi connectivity index (χ2v) is 16.7. The van der Waals surface area contributed by atoms with Crippen LogP contribution in [0.25, 0.3) is 0 Å². The number of aryl methyl sites for hydroxylation is 2. The molecule has 66 heavy (non-hydrogen) atoms. The number of hydrogen-bond donors (Lipinski definition) is 4. The van der Waals surface area contributed by atoms with Crippen molar-refractivity contribution in [2.24, 2.45) is 23.7 Å². The van der Waals surface area contributed by atoms with Crippen molar-refractivity contribution in [1.82, 2.24) is 0 Å². The summed E-state index contributed by atoms with van der Waals surface area (Å²) in [6.07, 6.45) is 2.57. The molecule has 10 nitrogen and oxygen atoms in total. The van der Waals surface area contributed by atoms with Crippen LogP contribution in [0.1, 0.15) is 44.5 Å². The molecular weight excluding hydrogens is 833 g/mol. The largest absolute Gasteiger partial charge is 0.496 e. The Morgan fingerprint density at radius 2 is 0.621 bits per heavy atom. The van der Waals surface area contributed by atoms with Crippen LogP contribution in [0.2, 0.25) is 0 Å². The van der Waals surface area contributed by atoms with E-state index in [-0.39, 0.29) is 50.1 Å². The molecular formula is C56H68O10. The molecule has 6 aromatic rings. The molecule has 0 fully saturated rings. The zero-order chi connectivity index (χ0) is 47.3. The Kier molecular flexibility index (Phi) is 20.7. The third-order valence-electron chi connectivity index (χ3n) is 12.1. The molecule has 352 valence electrons. The molecule has 4 N–H and O–H groups in total. The lowest BCUT2D eigenvalue weighted by Gasteiger charge is -2.25. The van der Waals surface area contributed by atoms with Gasteiger partial charge in [-0.3, -0.25) is 0 Å². The molecule has 4 atom stereocenters. The Hall–Kier alpha value is -6.04. The second kappa shape index (κ2) is 26.8. The van der Waals surface area contributed by atoms with E-state index in [1.807, 2.05) is 135 Å². The highest BCUT2D eigenvalue weighted by Crippen LogP contribution is 2.34. The summed E-state index contributed by atoms with van der Waals surface area (Å²) < 4.78 is 33.9. The average Bonchev–Trinajstić information content (AvgIpc) is 3.36. The van der Waals surface area contributed by atoms with Crippen molar-refractivity contribution in [2.75, 3.05) is 54.9 Å². The van der Waals surface area contributed by atoms with Gasteiger partial charge in [-0.1, -0.05) is 97.1 Å². The summed E-state index contributed by atoms with van der Waals surface area (Å²) in [5, 5.41) is 40.4. The van der Waals surface area contributed by atoms with E-state index in [0.717, 1.165) is 56.0 Å². The Balaban J connectivity index is 0.000000247. The van der Waals surface area contributed by atoms with Crippen LogP contribution in [0.5, 0.6) is 34.5 Å². The standard InChI is InChI=1S/2C28H34O5/c2*1-20-9-10-22(15-27(20)31-2)13-24(17-29)25(18-30)14-23-11-12-26(28(16-23)32-3)33-19-21-7-5-4-6-8-21/h2*4-12,15-16,24-25,29-30H,13-14,17-19H2,1-3H3/t2*24-,25-/m10/s1. The maximum atomic E-state index is 10.1. The lowest BCUT2D eigenvalue weighted by atomic mass is 9.83. The van der Waals surface area contributed by atoms with Crippen molar-refractivity contribution in [2.45, 2.75) is 52.7 Å². The van der Waals surface area contributed by atoms with Crippen LogP contribution in [0, 0.1) is 37.5 Å². The number of benzene rings is 6. The van der Waals surface area contributed by atoms with E-state index in [0.29, 0.717) is 61.9 Å². The van der Waals surface area contributed by atoms with Crippen molar-refractivity contribution in [3.63, 3.8) is 0 Å². The summed E-state index contributed by atoms with van der Waals surface area (Å²) in [6, 6.07) is 43.8. The molecule has 0 heterocycles. The SMILES string of the molecule is COc1cc(C[C@@H](CO)[C@H](CO)Cc2ccc(OCc3ccccc3)c(OC)c2)ccc1C.COc1cc(C[C@H](CO)[C@@H](CO)Cc2ccc(OCc3ccccc3)c(OC)c2)ccc1C. The number of aliphatic hydroxyl groups is 4. The highest BCUT2D eigenvalue weighted by Gasteiger charge is 2.24. The van der Waals surface area contributed by atoms with Crippen molar-refractivity contribution >= 4 is 0 Å². The molecule has 0 saturated heterocycles. The van der Waals surface area contributed by atoms with Gasteiger partial charge in [0.2, 0.25) is 0 Å². The van der Waals surface area contributed by atoms with Gasteiger partial charge in [-0.15, -0.1) is 0 Å². The smallest absolute Gasteiger partial charge is 0.161 e. The van der Waals surface area contributed by atoms with Crippen LogP contribution in [0.3, 0.4) is 0 Å². The first-order chi connectivity index (χ1) is 32.1. The van der Waals surface area contributed by atoms with Crippen LogP contribution < -0.4 is 28.4 Å². The number of rotatable bonds is 24. The van der Waals surface area contributed by atoms with Crippen LogP contribution in [-0.4, -0.2) is 75.3 Å². The average molecular weight is 901 g/mol. The minimum Gasteiger partial charge on any atom is -0.496 e. The predicted octanol–water partition coefficient (Wildman–Crippen LogP) is 9.19. The van der Waals surface area contributed by atoms with Gasteiger partial charge in [0.25, 0.3) is 0 Å². The van der Waals surface area contributed by atoms with Crippen molar-refractivity contribution in [1.29, 1.82) is 0 Å². The fourth-order valence-electron chi connectivity index (χ4n) is 8.10. The zero-order valence-electron chi connectivity index (χ0n) is 39.3. The van der Waals surface area contributed by atoms with Gasteiger partial charge in [-0.05, 0) is 144 Å². The van der Waals surface area contributed by atoms with E-state index in [2.05, 4.69) is 12.1 Å². The maximum absolute atomic E-state index is 10.1. The lowest BCUT2D eigenvalue weighted by Crippen LogP contribution is -2.26. The molecule has 0 aliphatic heterocycles. The lowest BCUT2D eigenvalue weighted by molar-refractivity contribution is 0.119. The molecule has 0 unspecified atom stereocenters. The van der Waals surface area contributed by atoms with Gasteiger partial charge >= 0.3 is 0 Å². The van der Waals surface area contributed by atoms with Gasteiger partial charge in [0, 0.05) is 26.4 Å². The van der Waals surface area contributed by atoms with E-state index in [1.54, 1.807) is 28.4 Å². The Morgan fingerprint density at radius 3 is 0.909 bits per heavy atom. The molecule has 0 amide bonds. The van der Waals surface area contributed by atoms with E-state index >= 15 is 0 Å². The summed E-state index contributed by atoms with van der Waals surface area (Å²) in [5.74, 6) is 3.98.